The van der Waals surface area contributed by atoms with Gasteiger partial charge < -0.3 is 5.73 Å². The summed E-state index contributed by atoms with van der Waals surface area (Å²) in [5, 5.41) is 4.56. The zero-order valence-corrected chi connectivity index (χ0v) is 7.67. The van der Waals surface area contributed by atoms with Crippen molar-refractivity contribution in [3.05, 3.63) is 16.9 Å². The second-order valence-electron chi connectivity index (χ2n) is 2.62. The predicted octanol–water partition coefficient (Wildman–Crippen LogP) is 0.891. The molecule has 5 heteroatoms. The van der Waals surface area contributed by atoms with Gasteiger partial charge in [-0.05, 0) is 13.8 Å². The minimum atomic E-state index is -0.448. The topological polar surface area (TPSA) is 60.9 Å². The Morgan fingerprint density at radius 1 is 1.83 bits per heavy atom. The van der Waals surface area contributed by atoms with Crippen LogP contribution in [0.5, 0.6) is 0 Å². The standard InChI is InChI=1S/C7H10ClN3O/c1-4-6(8)3-11(10-4)5(2)7(9)12/h3,5H,1-2H3,(H2,9,12)/t5-/m0/s1. The highest BCUT2D eigenvalue weighted by Gasteiger charge is 2.13. The Hall–Kier alpha value is -1.03. The van der Waals surface area contributed by atoms with Crippen molar-refractivity contribution in [1.29, 1.82) is 0 Å². The molecular weight excluding hydrogens is 178 g/mol. The molecule has 1 atom stereocenters. The number of primary amides is 1. The van der Waals surface area contributed by atoms with Gasteiger partial charge in [-0.25, -0.2) is 0 Å². The third-order valence-corrected chi connectivity index (χ3v) is 2.04. The summed E-state index contributed by atoms with van der Waals surface area (Å²) in [4.78, 5) is 10.7. The first kappa shape index (κ1) is 9.06. The SMILES string of the molecule is Cc1nn([C@@H](C)C(N)=O)cc1Cl. The number of halogens is 1. The Balaban J connectivity index is 2.96. The van der Waals surface area contributed by atoms with Gasteiger partial charge in [0.25, 0.3) is 0 Å². The zero-order valence-electron chi connectivity index (χ0n) is 6.91. The summed E-state index contributed by atoms with van der Waals surface area (Å²) in [7, 11) is 0. The lowest BCUT2D eigenvalue weighted by Gasteiger charge is -2.05. The van der Waals surface area contributed by atoms with Crippen LogP contribution < -0.4 is 5.73 Å². The molecule has 0 aliphatic heterocycles. The number of aromatic nitrogens is 2. The summed E-state index contributed by atoms with van der Waals surface area (Å²) in [6.07, 6.45) is 1.59. The van der Waals surface area contributed by atoms with Crippen molar-refractivity contribution in [2.24, 2.45) is 5.73 Å². The van der Waals surface area contributed by atoms with Crippen molar-refractivity contribution < 1.29 is 4.79 Å². The molecule has 0 aromatic carbocycles. The molecule has 4 nitrogen and oxygen atoms in total. The van der Waals surface area contributed by atoms with Crippen LogP contribution in [0.15, 0.2) is 6.20 Å². The lowest BCUT2D eigenvalue weighted by Crippen LogP contribution is -2.24. The summed E-state index contributed by atoms with van der Waals surface area (Å²) < 4.78 is 1.46. The summed E-state index contributed by atoms with van der Waals surface area (Å²) in [6, 6.07) is -0.448. The van der Waals surface area contributed by atoms with Crippen LogP contribution in [0.3, 0.4) is 0 Å². The molecule has 0 aliphatic carbocycles. The second kappa shape index (κ2) is 3.15. The van der Waals surface area contributed by atoms with Crippen LogP contribution in [-0.2, 0) is 4.79 Å². The molecular formula is C7H10ClN3O. The maximum Gasteiger partial charge on any atom is 0.241 e. The second-order valence-corrected chi connectivity index (χ2v) is 3.03. The molecule has 1 amide bonds. The first-order valence-electron chi connectivity index (χ1n) is 3.53. The molecule has 0 fully saturated rings. The highest BCUT2D eigenvalue weighted by Crippen LogP contribution is 2.15. The van der Waals surface area contributed by atoms with Gasteiger partial charge in [-0.15, -0.1) is 0 Å². The van der Waals surface area contributed by atoms with Crippen molar-refractivity contribution in [2.75, 3.05) is 0 Å². The Kier molecular flexibility index (Phi) is 2.38. The molecule has 1 rings (SSSR count). The molecule has 1 aromatic rings. The first-order chi connectivity index (χ1) is 5.52. The van der Waals surface area contributed by atoms with Gasteiger partial charge in [-0.2, -0.15) is 5.10 Å². The molecule has 0 bridgehead atoms. The van der Waals surface area contributed by atoms with Gasteiger partial charge in [-0.3, -0.25) is 9.48 Å². The van der Waals surface area contributed by atoms with E-state index in [0.717, 1.165) is 0 Å². The minimum Gasteiger partial charge on any atom is -0.368 e. The number of carbonyl (C=O) groups excluding carboxylic acids is 1. The summed E-state index contributed by atoms with van der Waals surface area (Å²) in [6.45, 7) is 3.44. The van der Waals surface area contributed by atoms with Gasteiger partial charge in [0.05, 0.1) is 10.7 Å². The van der Waals surface area contributed by atoms with Crippen LogP contribution in [0.25, 0.3) is 0 Å². The number of rotatable bonds is 2. The Morgan fingerprint density at radius 3 is 2.75 bits per heavy atom. The lowest BCUT2D eigenvalue weighted by atomic mass is 10.3. The number of hydrogen-bond acceptors (Lipinski definition) is 2. The zero-order chi connectivity index (χ0) is 9.30. The van der Waals surface area contributed by atoms with Gasteiger partial charge in [0, 0.05) is 6.20 Å². The number of amides is 1. The van der Waals surface area contributed by atoms with Gasteiger partial charge in [-0.1, -0.05) is 11.6 Å². The molecule has 0 saturated carbocycles. The Morgan fingerprint density at radius 2 is 2.42 bits per heavy atom. The molecule has 1 heterocycles. The fourth-order valence-corrected chi connectivity index (χ4v) is 0.926. The van der Waals surface area contributed by atoms with E-state index in [4.69, 9.17) is 17.3 Å². The molecule has 12 heavy (non-hydrogen) atoms. The van der Waals surface area contributed by atoms with Crippen LogP contribution in [0.1, 0.15) is 18.7 Å². The van der Waals surface area contributed by atoms with E-state index >= 15 is 0 Å². The van der Waals surface area contributed by atoms with Crippen LogP contribution in [0.2, 0.25) is 5.02 Å². The Bertz CT molecular complexity index is 288. The minimum absolute atomic E-state index is 0.422. The smallest absolute Gasteiger partial charge is 0.241 e. The summed E-state index contributed by atoms with van der Waals surface area (Å²) >= 11 is 5.74. The third-order valence-electron chi connectivity index (χ3n) is 1.67. The normalized spacial score (nSPS) is 12.9. The fourth-order valence-electron chi connectivity index (χ4n) is 0.788. The third kappa shape index (κ3) is 1.58. The molecule has 0 saturated heterocycles. The first-order valence-corrected chi connectivity index (χ1v) is 3.90. The molecule has 66 valence electrons. The average Bonchev–Trinajstić information content (AvgIpc) is 2.30. The maximum absolute atomic E-state index is 10.7. The molecule has 1 aromatic heterocycles. The summed E-state index contributed by atoms with van der Waals surface area (Å²) in [5.41, 5.74) is 5.78. The number of carbonyl (C=O) groups is 1. The van der Waals surface area contributed by atoms with Crippen molar-refractivity contribution in [3.8, 4) is 0 Å². The van der Waals surface area contributed by atoms with Crippen LogP contribution in [0.4, 0.5) is 0 Å². The largest absolute Gasteiger partial charge is 0.368 e. The van der Waals surface area contributed by atoms with E-state index in [9.17, 15) is 4.79 Å². The number of nitrogens with two attached hydrogens (primary N) is 1. The number of hydrogen-bond donors (Lipinski definition) is 1. The molecule has 2 N–H and O–H groups in total. The van der Waals surface area contributed by atoms with Crippen LogP contribution >= 0.6 is 11.6 Å². The van der Waals surface area contributed by atoms with Crippen molar-refractivity contribution in [2.45, 2.75) is 19.9 Å². The lowest BCUT2D eigenvalue weighted by molar-refractivity contribution is -0.120. The molecule has 0 unspecified atom stereocenters. The number of nitrogens with zero attached hydrogens (tertiary/aromatic N) is 2. The van der Waals surface area contributed by atoms with Crippen LogP contribution in [-0.4, -0.2) is 15.7 Å². The van der Waals surface area contributed by atoms with E-state index in [1.165, 1.54) is 4.68 Å². The highest BCUT2D eigenvalue weighted by molar-refractivity contribution is 6.31. The maximum atomic E-state index is 10.7. The summed E-state index contributed by atoms with van der Waals surface area (Å²) in [5.74, 6) is -0.422. The Labute approximate surface area is 75.3 Å². The molecule has 0 radical (unpaired) electrons. The van der Waals surface area contributed by atoms with Crippen LogP contribution in [0, 0.1) is 6.92 Å². The van der Waals surface area contributed by atoms with Crippen molar-refractivity contribution >= 4 is 17.5 Å². The van der Waals surface area contributed by atoms with E-state index < -0.39 is 11.9 Å². The van der Waals surface area contributed by atoms with Gasteiger partial charge in [0.15, 0.2) is 0 Å². The van der Waals surface area contributed by atoms with Crippen molar-refractivity contribution in [1.82, 2.24) is 9.78 Å². The fraction of sp³-hybridized carbons (Fsp3) is 0.429. The van der Waals surface area contributed by atoms with Gasteiger partial charge >= 0.3 is 0 Å². The highest BCUT2D eigenvalue weighted by atomic mass is 35.5. The van der Waals surface area contributed by atoms with Gasteiger partial charge in [0.1, 0.15) is 6.04 Å². The van der Waals surface area contributed by atoms with E-state index in [-0.39, 0.29) is 0 Å². The monoisotopic (exact) mass is 187 g/mol. The van der Waals surface area contributed by atoms with Gasteiger partial charge in [0.2, 0.25) is 5.91 Å². The van der Waals surface area contributed by atoms with E-state index in [1.54, 1.807) is 20.0 Å². The predicted molar refractivity (Wildman–Crippen MR) is 45.9 cm³/mol. The van der Waals surface area contributed by atoms with E-state index in [1.807, 2.05) is 0 Å². The average molecular weight is 188 g/mol. The quantitative estimate of drug-likeness (QED) is 0.748. The molecule has 0 spiro atoms. The van der Waals surface area contributed by atoms with E-state index in [0.29, 0.717) is 10.7 Å². The van der Waals surface area contributed by atoms with E-state index in [2.05, 4.69) is 5.10 Å². The van der Waals surface area contributed by atoms with Crippen molar-refractivity contribution in [3.63, 3.8) is 0 Å². The number of aryl methyl sites for hydroxylation is 1. The molecule has 0 aliphatic rings.